The van der Waals surface area contributed by atoms with Crippen LogP contribution in [0.1, 0.15) is 12.5 Å². The number of hydrogen-bond donors (Lipinski definition) is 0. The minimum absolute atomic E-state index is 0.155. The van der Waals surface area contributed by atoms with Gasteiger partial charge in [0.25, 0.3) is 5.91 Å². The van der Waals surface area contributed by atoms with Gasteiger partial charge >= 0.3 is 5.97 Å². The molecule has 0 saturated carbocycles. The summed E-state index contributed by atoms with van der Waals surface area (Å²) in [6.45, 7) is 0.837. The van der Waals surface area contributed by atoms with Gasteiger partial charge < -0.3 is 9.47 Å². The molecule has 2 aromatic rings. The normalized spacial score (nSPS) is 10.8. The molecule has 2 rings (SSSR count). The van der Waals surface area contributed by atoms with Crippen LogP contribution in [0.5, 0.6) is 5.75 Å². The number of hydrogen-bond acceptors (Lipinski definition) is 6. The fourth-order valence-corrected chi connectivity index (χ4v) is 2.19. The van der Waals surface area contributed by atoms with E-state index in [0.29, 0.717) is 17.0 Å². The van der Waals surface area contributed by atoms with E-state index in [1.807, 2.05) is 12.1 Å². The highest BCUT2D eigenvalue weighted by Gasteiger charge is 2.21. The van der Waals surface area contributed by atoms with Crippen molar-refractivity contribution >= 4 is 17.6 Å². The van der Waals surface area contributed by atoms with Gasteiger partial charge in [-0.15, -0.1) is 0 Å². The number of para-hydroxylation sites is 1. The van der Waals surface area contributed by atoms with Crippen LogP contribution in [-0.2, 0) is 14.3 Å². The Balaban J connectivity index is 1.91. The molecule has 7 nitrogen and oxygen atoms in total. The maximum absolute atomic E-state index is 12.3. The average Bonchev–Trinajstić information content (AvgIpc) is 2.71. The number of anilines is 1. The van der Waals surface area contributed by atoms with Gasteiger partial charge in [0.15, 0.2) is 12.7 Å². The third-order valence-electron chi connectivity index (χ3n) is 3.56. The molecule has 0 saturated heterocycles. The third-order valence-corrected chi connectivity index (χ3v) is 3.56. The molecule has 0 unspecified atom stereocenters. The van der Waals surface area contributed by atoms with Crippen LogP contribution in [0.25, 0.3) is 0 Å². The van der Waals surface area contributed by atoms with Crippen molar-refractivity contribution in [3.8, 4) is 17.9 Å². The average molecular weight is 363 g/mol. The van der Waals surface area contributed by atoms with Crippen LogP contribution in [0, 0.1) is 22.7 Å². The molecule has 27 heavy (non-hydrogen) atoms. The lowest BCUT2D eigenvalue weighted by Crippen LogP contribution is -2.37. The zero-order valence-corrected chi connectivity index (χ0v) is 14.7. The zero-order chi connectivity index (χ0) is 19.6. The predicted molar refractivity (Wildman–Crippen MR) is 96.6 cm³/mol. The van der Waals surface area contributed by atoms with Gasteiger partial charge in [0.1, 0.15) is 12.3 Å². The van der Waals surface area contributed by atoms with Crippen molar-refractivity contribution in [1.82, 2.24) is 0 Å². The largest absolute Gasteiger partial charge is 0.479 e. The monoisotopic (exact) mass is 363 g/mol. The van der Waals surface area contributed by atoms with Gasteiger partial charge in [-0.25, -0.2) is 4.79 Å². The van der Waals surface area contributed by atoms with Crippen LogP contribution < -0.4 is 9.64 Å². The highest BCUT2D eigenvalue weighted by atomic mass is 16.6. The molecular formula is C20H17N3O4. The molecule has 0 heterocycles. The first-order valence-electron chi connectivity index (χ1n) is 8.11. The number of carbonyl (C=O) groups excluding carboxylic acids is 2. The summed E-state index contributed by atoms with van der Waals surface area (Å²) in [5.74, 6) is -0.820. The molecule has 1 amide bonds. The number of esters is 1. The van der Waals surface area contributed by atoms with Gasteiger partial charge in [0.2, 0.25) is 0 Å². The maximum Gasteiger partial charge on any atom is 0.347 e. The summed E-state index contributed by atoms with van der Waals surface area (Å²) < 4.78 is 10.5. The number of amides is 1. The second kappa shape index (κ2) is 9.59. The minimum Gasteiger partial charge on any atom is -0.479 e. The highest BCUT2D eigenvalue weighted by molar-refractivity contribution is 5.95. The van der Waals surface area contributed by atoms with Crippen LogP contribution >= 0.6 is 0 Å². The van der Waals surface area contributed by atoms with Crippen molar-refractivity contribution in [2.45, 2.75) is 13.0 Å². The van der Waals surface area contributed by atoms with E-state index in [4.69, 9.17) is 20.0 Å². The summed E-state index contributed by atoms with van der Waals surface area (Å²) in [5.41, 5.74) is 1.02. The molecule has 0 radical (unpaired) electrons. The summed E-state index contributed by atoms with van der Waals surface area (Å²) in [5, 5.41) is 17.7. The lowest BCUT2D eigenvalue weighted by Gasteiger charge is -2.20. The first-order chi connectivity index (χ1) is 13.0. The van der Waals surface area contributed by atoms with Gasteiger partial charge in [-0.3, -0.25) is 9.69 Å². The Hall–Kier alpha value is -3.84. The molecular weight excluding hydrogens is 346 g/mol. The number of nitrogens with zero attached hydrogens (tertiary/aromatic N) is 3. The lowest BCUT2D eigenvalue weighted by molar-refractivity contribution is -0.154. The molecule has 2 aromatic carbocycles. The fraction of sp³-hybridized carbons (Fsp3) is 0.200. The quantitative estimate of drug-likeness (QED) is 0.553. The number of benzene rings is 2. The third kappa shape index (κ3) is 5.58. The molecule has 0 N–H and O–H groups in total. The molecule has 136 valence electrons. The second-order valence-electron chi connectivity index (χ2n) is 5.48. The molecule has 0 aromatic heterocycles. The Morgan fingerprint density at radius 2 is 1.74 bits per heavy atom. The number of rotatable bonds is 7. The first kappa shape index (κ1) is 19.5. The fourth-order valence-electron chi connectivity index (χ4n) is 2.19. The second-order valence-corrected chi connectivity index (χ2v) is 5.48. The molecule has 0 aliphatic heterocycles. The van der Waals surface area contributed by atoms with Crippen molar-refractivity contribution in [1.29, 1.82) is 10.5 Å². The van der Waals surface area contributed by atoms with Gasteiger partial charge in [0, 0.05) is 5.69 Å². The zero-order valence-electron chi connectivity index (χ0n) is 14.7. The molecule has 0 fully saturated rings. The van der Waals surface area contributed by atoms with Crippen molar-refractivity contribution in [2.24, 2.45) is 0 Å². The Kier molecular flexibility index (Phi) is 6.92. The van der Waals surface area contributed by atoms with Crippen LogP contribution in [0.4, 0.5) is 5.69 Å². The Labute approximate surface area is 157 Å². The highest BCUT2D eigenvalue weighted by Crippen LogP contribution is 2.15. The van der Waals surface area contributed by atoms with Crippen molar-refractivity contribution in [3.05, 3.63) is 60.2 Å². The van der Waals surface area contributed by atoms with E-state index in [-0.39, 0.29) is 6.54 Å². The molecule has 0 bridgehead atoms. The summed E-state index contributed by atoms with van der Waals surface area (Å²) >= 11 is 0. The van der Waals surface area contributed by atoms with Gasteiger partial charge in [0.05, 0.1) is 17.7 Å². The van der Waals surface area contributed by atoms with E-state index in [9.17, 15) is 9.59 Å². The van der Waals surface area contributed by atoms with E-state index in [0.717, 1.165) is 0 Å². The van der Waals surface area contributed by atoms with E-state index in [2.05, 4.69) is 0 Å². The van der Waals surface area contributed by atoms with E-state index < -0.39 is 24.6 Å². The van der Waals surface area contributed by atoms with Crippen molar-refractivity contribution < 1.29 is 19.1 Å². The van der Waals surface area contributed by atoms with Crippen molar-refractivity contribution in [2.75, 3.05) is 18.1 Å². The standard InChI is InChI=1S/C20H17N3O4/c1-15(27-18-9-7-16(13-22)8-10-18)20(25)26-14-19(24)23(12-11-21)17-5-3-2-4-6-17/h2-10,15H,12,14H2,1H3/t15-/m1/s1. The lowest BCUT2D eigenvalue weighted by atomic mass is 10.2. The Morgan fingerprint density at radius 3 is 2.33 bits per heavy atom. The molecule has 0 aliphatic carbocycles. The maximum atomic E-state index is 12.3. The summed E-state index contributed by atoms with van der Waals surface area (Å²) in [6, 6.07) is 18.8. The SMILES string of the molecule is C[C@@H](Oc1ccc(C#N)cc1)C(=O)OCC(=O)N(CC#N)c1ccccc1. The van der Waals surface area contributed by atoms with Gasteiger partial charge in [-0.1, -0.05) is 18.2 Å². The number of nitriles is 2. The van der Waals surface area contributed by atoms with E-state index in [1.54, 1.807) is 54.6 Å². The van der Waals surface area contributed by atoms with E-state index >= 15 is 0 Å². The summed E-state index contributed by atoms with van der Waals surface area (Å²) in [6.07, 6.45) is -0.938. The number of carbonyl (C=O) groups is 2. The molecule has 0 aliphatic rings. The molecule has 7 heteroatoms. The van der Waals surface area contributed by atoms with Crippen LogP contribution in [0.3, 0.4) is 0 Å². The summed E-state index contributed by atoms with van der Waals surface area (Å²) in [4.78, 5) is 25.6. The predicted octanol–water partition coefficient (Wildman–Crippen LogP) is 2.43. The molecule has 1 atom stereocenters. The summed E-state index contributed by atoms with van der Waals surface area (Å²) in [7, 11) is 0. The van der Waals surface area contributed by atoms with E-state index in [1.165, 1.54) is 11.8 Å². The van der Waals surface area contributed by atoms with Gasteiger partial charge in [-0.2, -0.15) is 10.5 Å². The van der Waals surface area contributed by atoms with Crippen LogP contribution in [0.2, 0.25) is 0 Å². The smallest absolute Gasteiger partial charge is 0.347 e. The first-order valence-corrected chi connectivity index (χ1v) is 8.11. The van der Waals surface area contributed by atoms with Gasteiger partial charge in [-0.05, 0) is 43.3 Å². The topological polar surface area (TPSA) is 103 Å². The molecule has 0 spiro atoms. The van der Waals surface area contributed by atoms with Crippen LogP contribution in [-0.4, -0.2) is 31.1 Å². The van der Waals surface area contributed by atoms with Crippen molar-refractivity contribution in [3.63, 3.8) is 0 Å². The Morgan fingerprint density at radius 1 is 1.07 bits per heavy atom. The number of ether oxygens (including phenoxy) is 2. The Bertz CT molecular complexity index is 867. The van der Waals surface area contributed by atoms with Crippen LogP contribution in [0.15, 0.2) is 54.6 Å². The minimum atomic E-state index is -0.938.